The maximum absolute atomic E-state index is 9.24. The maximum atomic E-state index is 9.24. The molecule has 3 aromatic rings. The highest BCUT2D eigenvalue weighted by molar-refractivity contribution is 9.10. The molecule has 3 rings (SSSR count). The van der Waals surface area contributed by atoms with Crippen LogP contribution >= 0.6 is 15.9 Å². The van der Waals surface area contributed by atoms with Crippen molar-refractivity contribution in [2.24, 2.45) is 7.05 Å². The summed E-state index contributed by atoms with van der Waals surface area (Å²) >= 11 is 3.47. The zero-order valence-corrected chi connectivity index (χ0v) is 13.3. The number of aromatic nitrogens is 2. The Balaban J connectivity index is 2.03. The van der Waals surface area contributed by atoms with E-state index in [0.29, 0.717) is 11.4 Å². The number of benzene rings is 2. The minimum atomic E-state index is 0.577. The van der Waals surface area contributed by atoms with E-state index in [9.17, 15) is 5.26 Å². The smallest absolute Gasteiger partial charge is 0.146 e. The second-order valence-corrected chi connectivity index (χ2v) is 5.79. The van der Waals surface area contributed by atoms with Gasteiger partial charge in [-0.05, 0) is 42.0 Å². The number of nitriles is 1. The summed E-state index contributed by atoms with van der Waals surface area (Å²) < 4.78 is 2.75. The molecule has 0 amide bonds. The first-order chi connectivity index (χ1) is 10.1. The minimum absolute atomic E-state index is 0.577. The largest absolute Gasteiger partial charge is 0.339 e. The summed E-state index contributed by atoms with van der Waals surface area (Å²) in [6.45, 7) is 1.83. The number of hydrogen-bond acceptors (Lipinski definition) is 3. The van der Waals surface area contributed by atoms with E-state index >= 15 is 0 Å². The molecular weight excluding hydrogens is 328 g/mol. The van der Waals surface area contributed by atoms with Crippen LogP contribution in [0.3, 0.4) is 0 Å². The lowest BCUT2D eigenvalue weighted by molar-refractivity contribution is 0.765. The number of nitrogens with zero attached hydrogens (tertiary/aromatic N) is 3. The van der Waals surface area contributed by atoms with Crippen LogP contribution in [0.1, 0.15) is 11.3 Å². The fourth-order valence-electron chi connectivity index (χ4n) is 2.37. The Morgan fingerprint density at radius 3 is 2.67 bits per heavy atom. The van der Waals surface area contributed by atoms with Gasteiger partial charge in [0.15, 0.2) is 0 Å². The summed E-state index contributed by atoms with van der Waals surface area (Å²) in [6, 6.07) is 14.5. The number of rotatable bonds is 2. The third kappa shape index (κ3) is 2.50. The average Bonchev–Trinajstić information content (AvgIpc) is 2.73. The van der Waals surface area contributed by atoms with E-state index in [1.54, 1.807) is 4.68 Å². The molecule has 21 heavy (non-hydrogen) atoms. The maximum Gasteiger partial charge on any atom is 0.146 e. The Morgan fingerprint density at radius 1 is 1.19 bits per heavy atom. The number of nitrogens with one attached hydrogen (secondary N) is 1. The van der Waals surface area contributed by atoms with Crippen LogP contribution < -0.4 is 5.32 Å². The Hall–Kier alpha value is -2.32. The van der Waals surface area contributed by atoms with Gasteiger partial charge in [-0.1, -0.05) is 28.1 Å². The van der Waals surface area contributed by atoms with Gasteiger partial charge in [0.25, 0.3) is 0 Å². The van der Waals surface area contributed by atoms with E-state index < -0.39 is 0 Å². The fourth-order valence-corrected chi connectivity index (χ4v) is 2.75. The van der Waals surface area contributed by atoms with Crippen LogP contribution in [-0.2, 0) is 7.05 Å². The first kappa shape index (κ1) is 13.7. The number of anilines is 2. The zero-order chi connectivity index (χ0) is 15.0. The van der Waals surface area contributed by atoms with Crippen LogP contribution in [-0.4, -0.2) is 9.78 Å². The van der Waals surface area contributed by atoms with Gasteiger partial charge in [-0.15, -0.1) is 0 Å². The second-order valence-electron chi connectivity index (χ2n) is 4.88. The topological polar surface area (TPSA) is 53.6 Å². The Bertz CT molecular complexity index is 874. The summed E-state index contributed by atoms with van der Waals surface area (Å²) in [5.74, 6) is 0.714. The molecule has 104 valence electrons. The van der Waals surface area contributed by atoms with Crippen molar-refractivity contribution in [3.63, 3.8) is 0 Å². The predicted molar refractivity (Wildman–Crippen MR) is 87.6 cm³/mol. The van der Waals surface area contributed by atoms with Gasteiger partial charge >= 0.3 is 0 Å². The van der Waals surface area contributed by atoms with Gasteiger partial charge in [0.2, 0.25) is 0 Å². The Kier molecular flexibility index (Phi) is 3.40. The second kappa shape index (κ2) is 5.23. The van der Waals surface area contributed by atoms with E-state index in [4.69, 9.17) is 0 Å². The average molecular weight is 341 g/mol. The molecule has 1 heterocycles. The van der Waals surface area contributed by atoms with Gasteiger partial charge in [0, 0.05) is 17.2 Å². The monoisotopic (exact) mass is 340 g/mol. The molecule has 0 atom stereocenters. The van der Waals surface area contributed by atoms with Crippen LogP contribution in [0.25, 0.3) is 10.8 Å². The molecule has 1 N–H and O–H groups in total. The van der Waals surface area contributed by atoms with Crippen molar-refractivity contribution in [3.8, 4) is 6.07 Å². The summed E-state index contributed by atoms with van der Waals surface area (Å²) in [5.41, 5.74) is 2.24. The molecule has 0 spiro atoms. The molecule has 0 aliphatic heterocycles. The van der Waals surface area contributed by atoms with Gasteiger partial charge in [-0.2, -0.15) is 10.4 Å². The SMILES string of the molecule is Cc1nn(C)c(Nc2ccc3cc(Br)ccc3c2)c1C#N. The quantitative estimate of drug-likeness (QED) is 0.758. The normalized spacial score (nSPS) is 10.6. The van der Waals surface area contributed by atoms with E-state index in [0.717, 1.165) is 26.6 Å². The molecule has 0 saturated heterocycles. The van der Waals surface area contributed by atoms with Crippen molar-refractivity contribution in [2.45, 2.75) is 6.92 Å². The van der Waals surface area contributed by atoms with E-state index in [-0.39, 0.29) is 0 Å². The van der Waals surface area contributed by atoms with E-state index in [1.165, 1.54) is 0 Å². The van der Waals surface area contributed by atoms with Crippen molar-refractivity contribution < 1.29 is 0 Å². The van der Waals surface area contributed by atoms with Gasteiger partial charge < -0.3 is 5.32 Å². The highest BCUT2D eigenvalue weighted by Gasteiger charge is 2.12. The summed E-state index contributed by atoms with van der Waals surface area (Å²) in [5, 5.41) is 19.1. The van der Waals surface area contributed by atoms with Crippen molar-refractivity contribution >= 4 is 38.2 Å². The molecule has 4 nitrogen and oxygen atoms in total. The Morgan fingerprint density at radius 2 is 1.90 bits per heavy atom. The molecule has 2 aromatic carbocycles. The van der Waals surface area contributed by atoms with Gasteiger partial charge in [-0.25, -0.2) is 0 Å². The first-order valence-corrected chi connectivity index (χ1v) is 7.28. The molecular formula is C16H13BrN4. The summed E-state index contributed by atoms with van der Waals surface area (Å²) in [4.78, 5) is 0. The molecule has 0 saturated carbocycles. The molecule has 0 unspecified atom stereocenters. The third-order valence-electron chi connectivity index (χ3n) is 3.40. The van der Waals surface area contributed by atoms with Crippen LogP contribution in [0.2, 0.25) is 0 Å². The number of hydrogen-bond donors (Lipinski definition) is 1. The number of halogens is 1. The first-order valence-electron chi connectivity index (χ1n) is 6.48. The predicted octanol–water partition coefficient (Wildman–Crippen LogP) is 4.26. The number of fused-ring (bicyclic) bond motifs is 1. The summed E-state index contributed by atoms with van der Waals surface area (Å²) in [6.07, 6.45) is 0. The van der Waals surface area contributed by atoms with Crippen LogP contribution in [0.15, 0.2) is 40.9 Å². The lowest BCUT2D eigenvalue weighted by Gasteiger charge is -2.08. The van der Waals surface area contributed by atoms with Gasteiger partial charge in [0.1, 0.15) is 17.5 Å². The van der Waals surface area contributed by atoms with E-state index in [1.807, 2.05) is 26.1 Å². The molecule has 0 fully saturated rings. The molecule has 0 radical (unpaired) electrons. The highest BCUT2D eigenvalue weighted by atomic mass is 79.9. The summed E-state index contributed by atoms with van der Waals surface area (Å²) in [7, 11) is 1.83. The lowest BCUT2D eigenvalue weighted by Crippen LogP contribution is -2.00. The van der Waals surface area contributed by atoms with Crippen molar-refractivity contribution in [2.75, 3.05) is 5.32 Å². The molecule has 5 heteroatoms. The van der Waals surface area contributed by atoms with Crippen molar-refractivity contribution in [3.05, 3.63) is 52.1 Å². The molecule has 0 aliphatic carbocycles. The molecule has 0 bridgehead atoms. The number of aryl methyl sites for hydroxylation is 2. The van der Waals surface area contributed by atoms with Gasteiger partial charge in [0.05, 0.1) is 5.69 Å². The Labute approximate surface area is 131 Å². The standard InChI is InChI=1S/C16H13BrN4/c1-10-15(9-18)16(21(2)20-10)19-14-6-4-11-7-13(17)5-3-12(11)8-14/h3-8,19H,1-2H3. The van der Waals surface area contributed by atoms with Crippen molar-refractivity contribution in [1.82, 2.24) is 9.78 Å². The van der Waals surface area contributed by atoms with Crippen LogP contribution in [0.5, 0.6) is 0 Å². The van der Waals surface area contributed by atoms with Crippen LogP contribution in [0.4, 0.5) is 11.5 Å². The molecule has 1 aromatic heterocycles. The van der Waals surface area contributed by atoms with E-state index in [2.05, 4.69) is 56.7 Å². The molecule has 0 aliphatic rings. The van der Waals surface area contributed by atoms with Crippen LogP contribution in [0, 0.1) is 18.3 Å². The lowest BCUT2D eigenvalue weighted by atomic mass is 10.1. The van der Waals surface area contributed by atoms with Crippen molar-refractivity contribution in [1.29, 1.82) is 5.26 Å². The highest BCUT2D eigenvalue weighted by Crippen LogP contribution is 2.26. The van der Waals surface area contributed by atoms with Gasteiger partial charge in [-0.3, -0.25) is 4.68 Å². The minimum Gasteiger partial charge on any atom is -0.339 e. The third-order valence-corrected chi connectivity index (χ3v) is 3.89. The fraction of sp³-hybridized carbons (Fsp3) is 0.125. The zero-order valence-electron chi connectivity index (χ0n) is 11.7.